The Morgan fingerprint density at radius 2 is 1.69 bits per heavy atom. The van der Waals surface area contributed by atoms with Gasteiger partial charge >= 0.3 is 0 Å². The Morgan fingerprint density at radius 1 is 1.08 bits per heavy atom. The van der Waals surface area contributed by atoms with Crippen LogP contribution in [0.25, 0.3) is 0 Å². The van der Waals surface area contributed by atoms with E-state index in [1.165, 1.54) is 6.42 Å². The summed E-state index contributed by atoms with van der Waals surface area (Å²) in [5, 5.41) is 3.43. The number of ether oxygens (including phenoxy) is 1. The van der Waals surface area contributed by atoms with E-state index in [0.29, 0.717) is 12.0 Å². The van der Waals surface area contributed by atoms with E-state index in [4.69, 9.17) is 4.74 Å². The zero-order chi connectivity index (χ0) is 10.3. The maximum atomic E-state index is 5.13. The van der Waals surface area contributed by atoms with Crippen molar-refractivity contribution in [3.05, 3.63) is 0 Å². The molecule has 0 aliphatic heterocycles. The minimum atomic E-state index is 0.602. The van der Waals surface area contributed by atoms with Crippen LogP contribution in [0.4, 0.5) is 0 Å². The molecule has 0 aromatic heterocycles. The molecule has 0 saturated carbocycles. The largest absolute Gasteiger partial charge is 0.384 e. The molecule has 2 atom stereocenters. The first kappa shape index (κ1) is 12.9. The number of hydrogen-bond acceptors (Lipinski definition) is 2. The van der Waals surface area contributed by atoms with Crippen LogP contribution >= 0.6 is 0 Å². The Morgan fingerprint density at radius 3 is 2.15 bits per heavy atom. The molecule has 0 bridgehead atoms. The summed E-state index contributed by atoms with van der Waals surface area (Å²) < 4.78 is 5.13. The standard InChI is InChI=1S/C11H25NO/c1-9(2)12-7-6-10(3)11(4)8-13-5/h9-12H,6-8H2,1-5H3. The van der Waals surface area contributed by atoms with Gasteiger partial charge in [0.2, 0.25) is 0 Å². The maximum absolute atomic E-state index is 5.13. The first-order valence-corrected chi connectivity index (χ1v) is 5.30. The van der Waals surface area contributed by atoms with Gasteiger partial charge in [0.05, 0.1) is 0 Å². The highest BCUT2D eigenvalue weighted by Crippen LogP contribution is 2.14. The normalized spacial score (nSPS) is 16.2. The minimum absolute atomic E-state index is 0.602. The molecule has 2 unspecified atom stereocenters. The fourth-order valence-electron chi connectivity index (χ4n) is 1.31. The molecule has 0 aliphatic carbocycles. The van der Waals surface area contributed by atoms with Crippen LogP contribution in [-0.2, 0) is 4.74 Å². The molecule has 0 rings (SSSR count). The van der Waals surface area contributed by atoms with Crippen molar-refractivity contribution in [2.45, 2.75) is 40.2 Å². The van der Waals surface area contributed by atoms with Gasteiger partial charge in [-0.1, -0.05) is 27.7 Å². The van der Waals surface area contributed by atoms with Crippen molar-refractivity contribution in [2.24, 2.45) is 11.8 Å². The summed E-state index contributed by atoms with van der Waals surface area (Å²) in [6.45, 7) is 10.9. The van der Waals surface area contributed by atoms with E-state index in [0.717, 1.165) is 19.1 Å². The van der Waals surface area contributed by atoms with E-state index in [1.54, 1.807) is 7.11 Å². The van der Waals surface area contributed by atoms with Crippen molar-refractivity contribution in [3.63, 3.8) is 0 Å². The second-order valence-corrected chi connectivity index (χ2v) is 4.31. The molecule has 0 aromatic rings. The van der Waals surface area contributed by atoms with Crippen LogP contribution in [-0.4, -0.2) is 26.3 Å². The van der Waals surface area contributed by atoms with E-state index in [1.807, 2.05) is 0 Å². The Hall–Kier alpha value is -0.0800. The number of rotatable bonds is 7. The SMILES string of the molecule is COCC(C)C(C)CCNC(C)C. The summed E-state index contributed by atoms with van der Waals surface area (Å²) >= 11 is 0. The van der Waals surface area contributed by atoms with Gasteiger partial charge in [0.15, 0.2) is 0 Å². The molecule has 0 aromatic carbocycles. The zero-order valence-corrected chi connectivity index (χ0v) is 9.76. The number of methoxy groups -OCH3 is 1. The summed E-state index contributed by atoms with van der Waals surface area (Å²) in [5.74, 6) is 1.41. The second kappa shape index (κ2) is 7.34. The van der Waals surface area contributed by atoms with Crippen LogP contribution in [0, 0.1) is 11.8 Å². The third-order valence-electron chi connectivity index (χ3n) is 2.55. The van der Waals surface area contributed by atoms with E-state index >= 15 is 0 Å². The monoisotopic (exact) mass is 187 g/mol. The van der Waals surface area contributed by atoms with E-state index in [-0.39, 0.29) is 0 Å². The van der Waals surface area contributed by atoms with E-state index in [9.17, 15) is 0 Å². The number of hydrogen-bond donors (Lipinski definition) is 1. The molecule has 0 heterocycles. The summed E-state index contributed by atoms with van der Waals surface area (Å²) in [5.41, 5.74) is 0. The molecule has 80 valence electrons. The average Bonchev–Trinajstić information content (AvgIpc) is 2.04. The van der Waals surface area contributed by atoms with Gasteiger partial charge in [-0.2, -0.15) is 0 Å². The third-order valence-corrected chi connectivity index (χ3v) is 2.55. The summed E-state index contributed by atoms with van der Waals surface area (Å²) in [6, 6.07) is 0.602. The molecule has 13 heavy (non-hydrogen) atoms. The van der Waals surface area contributed by atoms with Crippen LogP contribution in [0.15, 0.2) is 0 Å². The van der Waals surface area contributed by atoms with Gasteiger partial charge in [-0.3, -0.25) is 0 Å². The van der Waals surface area contributed by atoms with Crippen molar-refractivity contribution < 1.29 is 4.74 Å². The molecule has 2 nitrogen and oxygen atoms in total. The van der Waals surface area contributed by atoms with Gasteiger partial charge in [0, 0.05) is 19.8 Å². The Bertz CT molecular complexity index is 115. The Labute approximate surface area is 83.1 Å². The lowest BCUT2D eigenvalue weighted by Gasteiger charge is -2.19. The summed E-state index contributed by atoms with van der Waals surface area (Å²) in [6.07, 6.45) is 1.24. The van der Waals surface area contributed by atoms with Crippen molar-refractivity contribution in [2.75, 3.05) is 20.3 Å². The average molecular weight is 187 g/mol. The molecular formula is C11H25NO. The lowest BCUT2D eigenvalue weighted by molar-refractivity contribution is 0.131. The molecule has 0 spiro atoms. The van der Waals surface area contributed by atoms with Gasteiger partial charge in [0.25, 0.3) is 0 Å². The molecular weight excluding hydrogens is 162 g/mol. The molecule has 2 heteroatoms. The molecule has 0 amide bonds. The Balaban J connectivity index is 3.43. The first-order valence-electron chi connectivity index (χ1n) is 5.30. The first-order chi connectivity index (χ1) is 6.07. The van der Waals surface area contributed by atoms with E-state index < -0.39 is 0 Å². The lowest BCUT2D eigenvalue weighted by atomic mass is 9.93. The van der Waals surface area contributed by atoms with Gasteiger partial charge in [0.1, 0.15) is 0 Å². The molecule has 1 N–H and O–H groups in total. The third kappa shape index (κ3) is 7.03. The van der Waals surface area contributed by atoms with Gasteiger partial charge in [-0.15, -0.1) is 0 Å². The van der Waals surface area contributed by atoms with Gasteiger partial charge in [-0.05, 0) is 24.8 Å². The quantitative estimate of drug-likeness (QED) is 0.660. The van der Waals surface area contributed by atoms with Crippen LogP contribution in [0.2, 0.25) is 0 Å². The molecule has 0 aliphatic rings. The summed E-state index contributed by atoms with van der Waals surface area (Å²) in [7, 11) is 1.77. The van der Waals surface area contributed by atoms with Crippen LogP contribution in [0.5, 0.6) is 0 Å². The summed E-state index contributed by atoms with van der Waals surface area (Å²) in [4.78, 5) is 0. The molecule has 0 fully saturated rings. The fourth-order valence-corrected chi connectivity index (χ4v) is 1.31. The van der Waals surface area contributed by atoms with Gasteiger partial charge in [-0.25, -0.2) is 0 Å². The highest BCUT2D eigenvalue weighted by Gasteiger charge is 2.11. The van der Waals surface area contributed by atoms with E-state index in [2.05, 4.69) is 33.0 Å². The van der Waals surface area contributed by atoms with Crippen LogP contribution in [0.1, 0.15) is 34.1 Å². The maximum Gasteiger partial charge on any atom is 0.0490 e. The smallest absolute Gasteiger partial charge is 0.0490 e. The van der Waals surface area contributed by atoms with Crippen LogP contribution in [0.3, 0.4) is 0 Å². The highest BCUT2D eigenvalue weighted by molar-refractivity contribution is 4.63. The minimum Gasteiger partial charge on any atom is -0.384 e. The van der Waals surface area contributed by atoms with Crippen molar-refractivity contribution in [1.29, 1.82) is 0 Å². The lowest BCUT2D eigenvalue weighted by Crippen LogP contribution is -2.26. The van der Waals surface area contributed by atoms with Crippen molar-refractivity contribution in [1.82, 2.24) is 5.32 Å². The fraction of sp³-hybridized carbons (Fsp3) is 1.00. The zero-order valence-electron chi connectivity index (χ0n) is 9.76. The van der Waals surface area contributed by atoms with Gasteiger partial charge < -0.3 is 10.1 Å². The second-order valence-electron chi connectivity index (χ2n) is 4.31. The topological polar surface area (TPSA) is 21.3 Å². The Kier molecular flexibility index (Phi) is 7.29. The highest BCUT2D eigenvalue weighted by atomic mass is 16.5. The number of nitrogens with one attached hydrogen (secondary N) is 1. The van der Waals surface area contributed by atoms with Crippen molar-refractivity contribution >= 4 is 0 Å². The predicted octanol–water partition coefficient (Wildman–Crippen LogP) is 2.29. The molecule has 0 radical (unpaired) electrons. The molecule has 0 saturated heterocycles. The van der Waals surface area contributed by atoms with Crippen molar-refractivity contribution in [3.8, 4) is 0 Å². The predicted molar refractivity (Wildman–Crippen MR) is 58.0 cm³/mol. The van der Waals surface area contributed by atoms with Crippen LogP contribution < -0.4 is 5.32 Å².